The zero-order valence-corrected chi connectivity index (χ0v) is 64.6. The lowest BCUT2D eigenvalue weighted by atomic mass is 9.93. The van der Waals surface area contributed by atoms with Gasteiger partial charge in [-0.25, -0.2) is 0 Å². The molecule has 0 radical (unpaired) electrons. The van der Waals surface area contributed by atoms with Gasteiger partial charge < -0.3 is 96.2 Å². The molecule has 14 rings (SSSR count). The molecule has 21 nitrogen and oxygen atoms in total. The van der Waals surface area contributed by atoms with E-state index in [9.17, 15) is 20.4 Å². The van der Waals surface area contributed by atoms with Gasteiger partial charge in [-0.3, -0.25) is 4.90 Å². The summed E-state index contributed by atoms with van der Waals surface area (Å²) in [6, 6.07) is 88.1. The molecule has 0 bridgehead atoms. The summed E-state index contributed by atoms with van der Waals surface area (Å²) in [5.41, 5.74) is 8.02. The highest BCUT2D eigenvalue weighted by molar-refractivity contribution is 5.21. The fraction of sp³-hybridized carbons (Fsp3) is 0.419. The van der Waals surface area contributed by atoms with E-state index in [4.69, 9.17) is 75.8 Å². The van der Waals surface area contributed by atoms with Crippen LogP contribution in [0.25, 0.3) is 0 Å². The molecule has 5 heterocycles. The van der Waals surface area contributed by atoms with Gasteiger partial charge >= 0.3 is 0 Å². The molecule has 5 aliphatic rings. The number of likely N-dealkylation sites (tertiary alicyclic amines) is 1. The molecule has 5 saturated heterocycles. The maximum Gasteiger partial charge on any atom is 0.187 e. The van der Waals surface area contributed by atoms with Crippen molar-refractivity contribution in [3.63, 3.8) is 0 Å². The third-order valence-electron chi connectivity index (χ3n) is 21.8. The van der Waals surface area contributed by atoms with Crippen LogP contribution >= 0.6 is 0 Å². The highest BCUT2D eigenvalue weighted by Crippen LogP contribution is 2.42. The highest BCUT2D eigenvalue weighted by atomic mass is 16.8. The number of aliphatic hydroxyl groups is 4. The number of rotatable bonds is 38. The Morgan fingerprint density at radius 1 is 0.272 bits per heavy atom. The minimum Gasteiger partial charge on any atom is -0.394 e. The van der Waals surface area contributed by atoms with Crippen molar-refractivity contribution in [2.75, 3.05) is 39.5 Å². The van der Waals surface area contributed by atoms with E-state index in [2.05, 4.69) is 18.7 Å². The third kappa shape index (κ3) is 22.5. The number of aliphatic hydroxyl groups excluding tert-OH is 4. The summed E-state index contributed by atoms with van der Waals surface area (Å²) in [7, 11) is 0. The van der Waals surface area contributed by atoms with Gasteiger partial charge in [-0.1, -0.05) is 287 Å². The van der Waals surface area contributed by atoms with Crippen LogP contribution in [0.4, 0.5) is 0 Å². The molecule has 0 saturated carbocycles. The van der Waals surface area contributed by atoms with Crippen molar-refractivity contribution in [2.45, 2.75) is 196 Å². The molecule has 604 valence electrons. The maximum absolute atomic E-state index is 12.0. The van der Waals surface area contributed by atoms with E-state index in [1.54, 1.807) is 0 Å². The molecule has 0 amide bonds. The molecule has 0 aliphatic carbocycles. The average Bonchev–Trinajstić information content (AvgIpc) is 1.26. The second kappa shape index (κ2) is 42.3. The van der Waals surface area contributed by atoms with Crippen LogP contribution in [-0.2, 0) is 135 Å². The lowest BCUT2D eigenvalue weighted by molar-refractivity contribution is -0.397. The highest BCUT2D eigenvalue weighted by Gasteiger charge is 2.60. The first-order valence-corrected chi connectivity index (χ1v) is 39.8. The first-order valence-electron chi connectivity index (χ1n) is 39.8. The van der Waals surface area contributed by atoms with Gasteiger partial charge in [-0.05, 0) is 61.9 Å². The van der Waals surface area contributed by atoms with Gasteiger partial charge in [0.05, 0.1) is 91.9 Å². The number of hydrogen-bond acceptors (Lipinski definition) is 21. The Morgan fingerprint density at radius 3 is 0.939 bits per heavy atom. The molecule has 22 atom stereocenters. The Kier molecular flexibility index (Phi) is 30.7. The lowest BCUT2D eigenvalue weighted by Crippen LogP contribution is -2.70. The standard InChI is InChI=1S/C93H107NO20/c1-63-48-94(49-64(63)2)78-85(103-55-69-38-20-7-21-39-69)83(112-91-81(98)80(97)79(96)74(50-95)108-91)76(61-100-52-66-32-14-4-15-33-66)109-90(78)114-87-82(102-54-68-36-18-6-19-37-68)75(60-99-51-65-30-12-3-13-31-65)111-93(89(87)106-58-72-44-26-10-27-45-72)113-84-77(62-101-53-67-34-16-5-17-35-67)110-92(107-59-73-46-28-11-29-47-73)88(105-57-71-42-24-9-25-43-71)86(84)104-56-70-40-22-8-23-41-70/h3-47,63-64,74-93,95-98H,48-62H2,1-2H3/t63?,64?,74-,75-,76-,77-,78-,79+,80+,81-,82+,83-,84-,85-,86+,87+,88-,89-,90+,91+,92-,93+/m1/s1. The molecule has 5 fully saturated rings. The van der Waals surface area contributed by atoms with Crippen LogP contribution in [-0.4, -0.2) is 188 Å². The van der Waals surface area contributed by atoms with Crippen molar-refractivity contribution in [3.05, 3.63) is 323 Å². The van der Waals surface area contributed by atoms with Crippen LogP contribution in [0.15, 0.2) is 273 Å². The van der Waals surface area contributed by atoms with E-state index in [0.717, 1.165) is 50.1 Å². The normalized spacial score (nSPS) is 29.9. The van der Waals surface area contributed by atoms with Gasteiger partial charge in [0.15, 0.2) is 25.2 Å². The summed E-state index contributed by atoms with van der Waals surface area (Å²) in [6.45, 7) is 5.85. The van der Waals surface area contributed by atoms with Gasteiger partial charge in [0.1, 0.15) is 91.6 Å². The molecule has 2 unspecified atom stereocenters. The SMILES string of the molecule is CC1CN([C@H]2[C@H](O[C@H]3[C@@H](OCc4ccccc4)[C@@H](COCc4ccccc4)O[C@@H](O[C@H]4[C@H](OCc5ccccc5)[C@@H](OCc5ccccc5)[C@H](OCc5ccccc5)O[C@@H]4COCc4ccccc4)[C@@H]3OCc3ccccc3)O[C@H](COCc3ccccc3)[C@@H](O[C@@H]3O[C@H](CO)[C@H](O)[C@H](O)[C@H]3O)[C@@H]2OCc2ccccc2)CC1C. The third-order valence-corrected chi connectivity index (χ3v) is 21.8. The minimum absolute atomic E-state index is 0.0231. The molecular formula is C93H107NO20. The largest absolute Gasteiger partial charge is 0.394 e. The fourth-order valence-corrected chi connectivity index (χ4v) is 15.5. The van der Waals surface area contributed by atoms with E-state index in [1.807, 2.05) is 273 Å². The summed E-state index contributed by atoms with van der Waals surface area (Å²) in [4.78, 5) is 2.31. The van der Waals surface area contributed by atoms with Crippen LogP contribution in [0.1, 0.15) is 63.9 Å². The van der Waals surface area contributed by atoms with Crippen LogP contribution in [0.2, 0.25) is 0 Å². The fourth-order valence-electron chi connectivity index (χ4n) is 15.5. The van der Waals surface area contributed by atoms with Gasteiger partial charge in [0, 0.05) is 13.1 Å². The molecule has 0 spiro atoms. The molecule has 0 aromatic heterocycles. The van der Waals surface area contributed by atoms with E-state index in [1.165, 1.54) is 0 Å². The van der Waals surface area contributed by atoms with E-state index in [0.29, 0.717) is 13.1 Å². The topological polar surface area (TPSA) is 232 Å². The van der Waals surface area contributed by atoms with Crippen LogP contribution in [0.3, 0.4) is 0 Å². The van der Waals surface area contributed by atoms with E-state index >= 15 is 0 Å². The number of ether oxygens (including phenoxy) is 16. The Hall–Kier alpha value is -7.86. The van der Waals surface area contributed by atoms with E-state index in [-0.39, 0.29) is 91.1 Å². The maximum atomic E-state index is 12.0. The molecule has 4 N–H and O–H groups in total. The Morgan fingerprint density at radius 2 is 0.553 bits per heavy atom. The van der Waals surface area contributed by atoms with Crippen molar-refractivity contribution in [3.8, 4) is 0 Å². The predicted molar refractivity (Wildman–Crippen MR) is 423 cm³/mol. The first kappa shape index (κ1) is 82.7. The second-order valence-electron chi connectivity index (χ2n) is 30.1. The summed E-state index contributed by atoms with van der Waals surface area (Å²) in [5, 5.41) is 45.3. The Bertz CT molecular complexity index is 4150. The van der Waals surface area contributed by atoms with Gasteiger partial charge in [-0.2, -0.15) is 0 Å². The van der Waals surface area contributed by atoms with Crippen molar-refractivity contribution in [1.82, 2.24) is 4.90 Å². The van der Waals surface area contributed by atoms with E-state index < -0.39 is 129 Å². The number of nitrogens with zero attached hydrogens (tertiary/aromatic N) is 1. The lowest BCUT2D eigenvalue weighted by Gasteiger charge is -2.53. The Balaban J connectivity index is 0.927. The monoisotopic (exact) mass is 1560 g/mol. The molecule has 21 heteroatoms. The van der Waals surface area contributed by atoms with Crippen LogP contribution in [0, 0.1) is 11.8 Å². The quantitative estimate of drug-likeness (QED) is 0.0282. The molecule has 9 aromatic carbocycles. The summed E-state index contributed by atoms with van der Waals surface area (Å²) in [5.74, 6) is 0.326. The molecule has 9 aromatic rings. The zero-order chi connectivity index (χ0) is 78.2. The van der Waals surface area contributed by atoms with Crippen LogP contribution in [0.5, 0.6) is 0 Å². The number of benzene rings is 9. The smallest absolute Gasteiger partial charge is 0.187 e. The van der Waals surface area contributed by atoms with Crippen molar-refractivity contribution < 1.29 is 96.2 Å². The summed E-state index contributed by atoms with van der Waals surface area (Å²) >= 11 is 0. The summed E-state index contributed by atoms with van der Waals surface area (Å²) in [6.07, 6.45) is -23.8. The van der Waals surface area contributed by atoms with Crippen molar-refractivity contribution in [1.29, 1.82) is 0 Å². The predicted octanol–water partition coefficient (Wildman–Crippen LogP) is 11.9. The first-order chi connectivity index (χ1) is 56.0. The second-order valence-corrected chi connectivity index (χ2v) is 30.1. The molecule has 5 aliphatic heterocycles. The zero-order valence-electron chi connectivity index (χ0n) is 64.6. The molecule has 114 heavy (non-hydrogen) atoms. The van der Waals surface area contributed by atoms with Crippen molar-refractivity contribution in [2.24, 2.45) is 11.8 Å². The average molecular weight is 1560 g/mol. The van der Waals surface area contributed by atoms with Crippen molar-refractivity contribution >= 4 is 0 Å². The van der Waals surface area contributed by atoms with Gasteiger partial charge in [-0.15, -0.1) is 0 Å². The van der Waals surface area contributed by atoms with Gasteiger partial charge in [0.25, 0.3) is 0 Å². The van der Waals surface area contributed by atoms with Crippen LogP contribution < -0.4 is 0 Å². The molecular weight excluding hydrogens is 1450 g/mol. The summed E-state index contributed by atoms with van der Waals surface area (Å²) < 4.78 is 117. The minimum atomic E-state index is -1.79. The number of hydrogen-bond donors (Lipinski definition) is 4. The Labute approximate surface area is 668 Å². The van der Waals surface area contributed by atoms with Gasteiger partial charge in [0.2, 0.25) is 0 Å².